The lowest BCUT2D eigenvalue weighted by molar-refractivity contribution is -0.136. The van der Waals surface area contributed by atoms with Crippen LogP contribution in [0.1, 0.15) is 46.7 Å². The SMILES string of the molecule is CCc1ccnc(C(=O)c2[nH]c3ccc(CC)cc3c2CC(=O)O)c1. The van der Waals surface area contributed by atoms with E-state index in [-0.39, 0.29) is 12.2 Å². The number of aromatic amines is 1. The minimum atomic E-state index is -0.966. The number of hydrogen-bond acceptors (Lipinski definition) is 3. The quantitative estimate of drug-likeness (QED) is 0.674. The van der Waals surface area contributed by atoms with Crippen molar-refractivity contribution in [3.63, 3.8) is 0 Å². The van der Waals surface area contributed by atoms with E-state index in [4.69, 9.17) is 0 Å². The van der Waals surface area contributed by atoms with E-state index in [1.165, 1.54) is 0 Å². The van der Waals surface area contributed by atoms with Crippen molar-refractivity contribution in [2.24, 2.45) is 0 Å². The van der Waals surface area contributed by atoms with E-state index in [1.807, 2.05) is 38.1 Å². The highest BCUT2D eigenvalue weighted by molar-refractivity contribution is 6.11. The molecule has 0 aliphatic heterocycles. The number of aromatic nitrogens is 2. The average Bonchev–Trinajstić information content (AvgIpc) is 2.98. The van der Waals surface area contributed by atoms with Crippen molar-refractivity contribution in [1.82, 2.24) is 9.97 Å². The number of rotatable bonds is 6. The van der Waals surface area contributed by atoms with E-state index in [1.54, 1.807) is 12.3 Å². The summed E-state index contributed by atoms with van der Waals surface area (Å²) in [6.45, 7) is 4.05. The summed E-state index contributed by atoms with van der Waals surface area (Å²) >= 11 is 0. The number of benzene rings is 1. The standard InChI is InChI=1S/C20H20N2O3/c1-3-12-5-6-16-14(9-12)15(11-18(23)24)19(22-16)20(25)17-10-13(4-2)7-8-21-17/h5-10,22H,3-4,11H2,1-2H3,(H,23,24). The van der Waals surface area contributed by atoms with Crippen LogP contribution in [0.3, 0.4) is 0 Å². The molecule has 25 heavy (non-hydrogen) atoms. The van der Waals surface area contributed by atoms with Crippen molar-refractivity contribution in [2.45, 2.75) is 33.1 Å². The van der Waals surface area contributed by atoms with E-state index in [2.05, 4.69) is 9.97 Å². The summed E-state index contributed by atoms with van der Waals surface area (Å²) in [5.41, 5.74) is 4.04. The van der Waals surface area contributed by atoms with Crippen LogP contribution in [0.25, 0.3) is 10.9 Å². The molecule has 2 N–H and O–H groups in total. The van der Waals surface area contributed by atoms with E-state index < -0.39 is 5.97 Å². The van der Waals surface area contributed by atoms with Gasteiger partial charge in [0.1, 0.15) is 5.69 Å². The molecule has 0 saturated heterocycles. The maximum absolute atomic E-state index is 13.0. The number of H-pyrrole nitrogens is 1. The first-order valence-electron chi connectivity index (χ1n) is 8.38. The highest BCUT2D eigenvalue weighted by Gasteiger charge is 2.22. The van der Waals surface area contributed by atoms with Gasteiger partial charge in [0.2, 0.25) is 5.78 Å². The van der Waals surface area contributed by atoms with E-state index in [0.29, 0.717) is 17.0 Å². The van der Waals surface area contributed by atoms with Gasteiger partial charge in [-0.15, -0.1) is 0 Å². The van der Waals surface area contributed by atoms with Crippen LogP contribution in [0.4, 0.5) is 0 Å². The molecule has 0 aliphatic rings. The number of hydrogen-bond donors (Lipinski definition) is 2. The summed E-state index contributed by atoms with van der Waals surface area (Å²) in [6.07, 6.45) is 3.05. The third kappa shape index (κ3) is 3.31. The largest absolute Gasteiger partial charge is 0.481 e. The fraction of sp³-hybridized carbons (Fsp3) is 0.250. The molecule has 0 unspecified atom stereocenters. The van der Waals surface area contributed by atoms with Gasteiger partial charge in [-0.3, -0.25) is 14.6 Å². The van der Waals surface area contributed by atoms with Gasteiger partial charge in [-0.1, -0.05) is 19.9 Å². The van der Waals surface area contributed by atoms with E-state index in [0.717, 1.165) is 34.9 Å². The lowest BCUT2D eigenvalue weighted by Crippen LogP contribution is -2.10. The first-order valence-corrected chi connectivity index (χ1v) is 8.38. The number of carbonyl (C=O) groups is 2. The van der Waals surface area contributed by atoms with Crippen LogP contribution in [-0.4, -0.2) is 26.8 Å². The molecule has 0 fully saturated rings. The molecular formula is C20H20N2O3. The van der Waals surface area contributed by atoms with Crippen molar-refractivity contribution >= 4 is 22.7 Å². The summed E-state index contributed by atoms with van der Waals surface area (Å²) in [6, 6.07) is 9.46. The molecule has 2 heterocycles. The summed E-state index contributed by atoms with van der Waals surface area (Å²) in [5.74, 6) is -1.24. The Labute approximate surface area is 145 Å². The van der Waals surface area contributed by atoms with Gasteiger partial charge in [0.15, 0.2) is 0 Å². The zero-order chi connectivity index (χ0) is 18.0. The molecule has 5 heteroatoms. The van der Waals surface area contributed by atoms with Crippen LogP contribution in [0.5, 0.6) is 0 Å². The van der Waals surface area contributed by atoms with Crippen LogP contribution < -0.4 is 0 Å². The number of carbonyl (C=O) groups excluding carboxylic acids is 1. The maximum atomic E-state index is 13.0. The van der Waals surface area contributed by atoms with Crippen LogP contribution in [0.2, 0.25) is 0 Å². The van der Waals surface area contributed by atoms with Crippen molar-refractivity contribution in [1.29, 1.82) is 0 Å². The number of aryl methyl sites for hydroxylation is 2. The monoisotopic (exact) mass is 336 g/mol. The number of nitrogens with zero attached hydrogens (tertiary/aromatic N) is 1. The molecule has 128 valence electrons. The minimum absolute atomic E-state index is 0.207. The lowest BCUT2D eigenvalue weighted by Gasteiger charge is -2.04. The van der Waals surface area contributed by atoms with Crippen LogP contribution in [0, 0.1) is 0 Å². The van der Waals surface area contributed by atoms with Crippen molar-refractivity contribution < 1.29 is 14.7 Å². The molecule has 1 aromatic carbocycles. The number of fused-ring (bicyclic) bond motifs is 1. The molecule has 0 spiro atoms. The van der Waals surface area contributed by atoms with E-state index in [9.17, 15) is 14.7 Å². The smallest absolute Gasteiger partial charge is 0.307 e. The van der Waals surface area contributed by atoms with Crippen LogP contribution in [-0.2, 0) is 24.1 Å². The van der Waals surface area contributed by atoms with Crippen LogP contribution >= 0.6 is 0 Å². The zero-order valence-electron chi connectivity index (χ0n) is 14.3. The number of nitrogens with one attached hydrogen (secondary N) is 1. The average molecular weight is 336 g/mol. The first kappa shape index (κ1) is 16.9. The van der Waals surface area contributed by atoms with Gasteiger partial charge in [-0.25, -0.2) is 0 Å². The third-order valence-electron chi connectivity index (χ3n) is 4.40. The molecule has 0 radical (unpaired) electrons. The molecule has 0 atom stereocenters. The molecule has 0 amide bonds. The molecular weight excluding hydrogens is 316 g/mol. The molecule has 0 bridgehead atoms. The number of carboxylic acid groups (broad SMARTS) is 1. The Kier molecular flexibility index (Phi) is 4.65. The Balaban J connectivity index is 2.16. The minimum Gasteiger partial charge on any atom is -0.481 e. The fourth-order valence-electron chi connectivity index (χ4n) is 2.99. The topological polar surface area (TPSA) is 83.0 Å². The second-order valence-electron chi connectivity index (χ2n) is 6.01. The summed E-state index contributed by atoms with van der Waals surface area (Å²) in [5, 5.41) is 10.1. The third-order valence-corrected chi connectivity index (χ3v) is 4.40. The number of ketones is 1. The Morgan fingerprint density at radius 1 is 1.08 bits per heavy atom. The van der Waals surface area contributed by atoms with Crippen LogP contribution in [0.15, 0.2) is 36.5 Å². The lowest BCUT2D eigenvalue weighted by atomic mass is 10.0. The second kappa shape index (κ2) is 6.89. The Bertz CT molecular complexity index is 957. The molecule has 3 rings (SSSR count). The fourth-order valence-corrected chi connectivity index (χ4v) is 2.99. The Morgan fingerprint density at radius 3 is 2.48 bits per heavy atom. The molecule has 0 saturated carbocycles. The number of aliphatic carboxylic acids is 1. The van der Waals surface area contributed by atoms with Gasteiger partial charge in [0.25, 0.3) is 0 Å². The van der Waals surface area contributed by atoms with Crippen molar-refractivity contribution in [3.05, 3.63) is 64.6 Å². The van der Waals surface area contributed by atoms with Gasteiger partial charge in [-0.05, 0) is 48.2 Å². The van der Waals surface area contributed by atoms with E-state index >= 15 is 0 Å². The number of carboxylic acids is 1. The first-order chi connectivity index (χ1) is 12.0. The molecule has 5 nitrogen and oxygen atoms in total. The van der Waals surface area contributed by atoms with Gasteiger partial charge in [0, 0.05) is 22.7 Å². The predicted octanol–water partition coefficient (Wildman–Crippen LogP) is 3.55. The highest BCUT2D eigenvalue weighted by Crippen LogP contribution is 2.26. The molecule has 0 aliphatic carbocycles. The summed E-state index contributed by atoms with van der Waals surface area (Å²) < 4.78 is 0. The summed E-state index contributed by atoms with van der Waals surface area (Å²) in [4.78, 5) is 31.6. The second-order valence-corrected chi connectivity index (χ2v) is 6.01. The van der Waals surface area contributed by atoms with Gasteiger partial charge >= 0.3 is 5.97 Å². The van der Waals surface area contributed by atoms with Crippen molar-refractivity contribution in [2.75, 3.05) is 0 Å². The maximum Gasteiger partial charge on any atom is 0.307 e. The Hall–Kier alpha value is -2.95. The van der Waals surface area contributed by atoms with Gasteiger partial charge in [-0.2, -0.15) is 0 Å². The molecule has 3 aromatic rings. The van der Waals surface area contributed by atoms with Gasteiger partial charge < -0.3 is 10.1 Å². The molecule has 2 aromatic heterocycles. The highest BCUT2D eigenvalue weighted by atomic mass is 16.4. The van der Waals surface area contributed by atoms with Gasteiger partial charge in [0.05, 0.1) is 12.1 Å². The zero-order valence-corrected chi connectivity index (χ0v) is 14.3. The Morgan fingerprint density at radius 2 is 1.80 bits per heavy atom. The normalized spacial score (nSPS) is 11.0. The predicted molar refractivity (Wildman–Crippen MR) is 96.1 cm³/mol. The van der Waals surface area contributed by atoms with Crippen molar-refractivity contribution in [3.8, 4) is 0 Å². The number of pyridine rings is 1. The summed E-state index contributed by atoms with van der Waals surface area (Å²) in [7, 11) is 0.